The van der Waals surface area contributed by atoms with Crippen molar-refractivity contribution in [3.63, 3.8) is 0 Å². The van der Waals surface area contributed by atoms with Gasteiger partial charge in [0, 0.05) is 19.2 Å². The lowest BCUT2D eigenvalue weighted by Crippen LogP contribution is -2.27. The van der Waals surface area contributed by atoms with Gasteiger partial charge >= 0.3 is 0 Å². The first-order valence-corrected chi connectivity index (χ1v) is 11.7. The summed E-state index contributed by atoms with van der Waals surface area (Å²) in [6.45, 7) is 0.956. The number of halogens is 2. The highest BCUT2D eigenvalue weighted by atomic mass is 35.5. The molecule has 8 heteroatoms. The lowest BCUT2D eigenvalue weighted by atomic mass is 10.2. The molecular weight excluding hydrogens is 459 g/mol. The summed E-state index contributed by atoms with van der Waals surface area (Å²) in [5.41, 5.74) is 2.74. The van der Waals surface area contributed by atoms with Crippen LogP contribution in [-0.4, -0.2) is 38.4 Å². The van der Waals surface area contributed by atoms with Crippen molar-refractivity contribution in [2.24, 2.45) is 0 Å². The fraction of sp³-hybridized carbons (Fsp3) is 0.160. The minimum atomic E-state index is -0.296. The second kappa shape index (κ2) is 10.6. The zero-order valence-corrected chi connectivity index (χ0v) is 19.6. The molecule has 0 bridgehead atoms. The Bertz CT molecular complexity index is 1230. The molecule has 0 atom stereocenters. The van der Waals surface area contributed by atoms with Crippen LogP contribution in [0.15, 0.2) is 84.0 Å². The molecule has 0 spiro atoms. The Morgan fingerprint density at radius 2 is 1.67 bits per heavy atom. The lowest BCUT2D eigenvalue weighted by Gasteiger charge is -2.17. The number of rotatable bonds is 8. The third-order valence-electron chi connectivity index (χ3n) is 5.10. The molecule has 4 rings (SSSR count). The standard InChI is InChI=1S/C25H22ClFN4OS/c1-30(15-19-11-13-20(27)14-12-19)23(32)17-33-25-29-28-24(21-9-5-6-10-22(21)26)31(25)16-18-7-3-2-4-8-18/h2-14H,15-17H2,1H3. The minimum Gasteiger partial charge on any atom is -0.341 e. The third kappa shape index (κ3) is 5.80. The van der Waals surface area contributed by atoms with Gasteiger partial charge in [0.25, 0.3) is 0 Å². The van der Waals surface area contributed by atoms with Crippen LogP contribution in [0.1, 0.15) is 11.1 Å². The largest absolute Gasteiger partial charge is 0.341 e. The number of carbonyl (C=O) groups excluding carboxylic acids is 1. The Hall–Kier alpha value is -3.16. The van der Waals surface area contributed by atoms with Crippen LogP contribution in [-0.2, 0) is 17.9 Å². The van der Waals surface area contributed by atoms with Gasteiger partial charge < -0.3 is 4.90 Å². The molecule has 0 unspecified atom stereocenters. The van der Waals surface area contributed by atoms with E-state index in [2.05, 4.69) is 10.2 Å². The van der Waals surface area contributed by atoms with Gasteiger partial charge in [0.1, 0.15) is 5.82 Å². The Morgan fingerprint density at radius 3 is 2.39 bits per heavy atom. The molecule has 0 aliphatic heterocycles. The van der Waals surface area contributed by atoms with Gasteiger partial charge in [-0.05, 0) is 35.4 Å². The Balaban J connectivity index is 1.52. The molecule has 0 fully saturated rings. The van der Waals surface area contributed by atoms with E-state index >= 15 is 0 Å². The Morgan fingerprint density at radius 1 is 0.970 bits per heavy atom. The van der Waals surface area contributed by atoms with Crippen molar-refractivity contribution in [2.45, 2.75) is 18.2 Å². The fourth-order valence-electron chi connectivity index (χ4n) is 3.33. The summed E-state index contributed by atoms with van der Waals surface area (Å²) in [7, 11) is 1.73. The van der Waals surface area contributed by atoms with Gasteiger partial charge in [0.15, 0.2) is 11.0 Å². The molecule has 1 aromatic heterocycles. The number of hydrogen-bond donors (Lipinski definition) is 0. The van der Waals surface area contributed by atoms with Crippen molar-refractivity contribution in [3.05, 3.63) is 101 Å². The van der Waals surface area contributed by atoms with Gasteiger partial charge in [-0.25, -0.2) is 4.39 Å². The lowest BCUT2D eigenvalue weighted by molar-refractivity contribution is -0.127. The molecule has 3 aromatic carbocycles. The van der Waals surface area contributed by atoms with Crippen LogP contribution in [0.2, 0.25) is 5.02 Å². The van der Waals surface area contributed by atoms with Crippen LogP contribution in [0.25, 0.3) is 11.4 Å². The molecule has 0 N–H and O–H groups in total. The highest BCUT2D eigenvalue weighted by Crippen LogP contribution is 2.30. The molecule has 168 valence electrons. The Labute approximate surface area is 201 Å². The van der Waals surface area contributed by atoms with Crippen LogP contribution in [0, 0.1) is 5.82 Å². The second-order valence-electron chi connectivity index (χ2n) is 7.52. The van der Waals surface area contributed by atoms with E-state index in [0.717, 1.165) is 16.7 Å². The highest BCUT2D eigenvalue weighted by Gasteiger charge is 2.19. The van der Waals surface area contributed by atoms with Gasteiger partial charge in [-0.15, -0.1) is 10.2 Å². The van der Waals surface area contributed by atoms with Gasteiger partial charge in [-0.2, -0.15) is 0 Å². The molecule has 1 heterocycles. The maximum Gasteiger partial charge on any atom is 0.233 e. The van der Waals surface area contributed by atoms with E-state index in [1.165, 1.54) is 23.9 Å². The summed E-state index contributed by atoms with van der Waals surface area (Å²) in [5, 5.41) is 9.97. The first kappa shape index (κ1) is 23.0. The molecule has 0 aliphatic rings. The topological polar surface area (TPSA) is 51.0 Å². The van der Waals surface area contributed by atoms with Crippen molar-refractivity contribution < 1.29 is 9.18 Å². The van der Waals surface area contributed by atoms with Crippen molar-refractivity contribution in [3.8, 4) is 11.4 Å². The van der Waals surface area contributed by atoms with Gasteiger partial charge in [-0.3, -0.25) is 9.36 Å². The number of hydrogen-bond acceptors (Lipinski definition) is 4. The van der Waals surface area contributed by atoms with Gasteiger partial charge in [0.05, 0.1) is 17.3 Å². The number of benzene rings is 3. The average molecular weight is 481 g/mol. The van der Waals surface area contributed by atoms with E-state index in [4.69, 9.17) is 11.6 Å². The molecule has 4 aromatic rings. The summed E-state index contributed by atoms with van der Waals surface area (Å²) < 4.78 is 15.1. The van der Waals surface area contributed by atoms with E-state index in [-0.39, 0.29) is 17.5 Å². The quantitative estimate of drug-likeness (QED) is 0.311. The number of carbonyl (C=O) groups is 1. The van der Waals surface area contributed by atoms with E-state index in [9.17, 15) is 9.18 Å². The monoisotopic (exact) mass is 480 g/mol. The number of nitrogens with zero attached hydrogens (tertiary/aromatic N) is 4. The smallest absolute Gasteiger partial charge is 0.233 e. The summed E-state index contributed by atoms with van der Waals surface area (Å²) >= 11 is 7.76. The zero-order valence-electron chi connectivity index (χ0n) is 18.0. The fourth-order valence-corrected chi connectivity index (χ4v) is 4.43. The molecule has 0 radical (unpaired) electrons. The van der Waals surface area contributed by atoms with Crippen molar-refractivity contribution >= 4 is 29.3 Å². The van der Waals surface area contributed by atoms with Crippen molar-refractivity contribution in [1.29, 1.82) is 0 Å². The maximum atomic E-state index is 13.1. The molecule has 1 amide bonds. The molecular formula is C25H22ClFN4OS. The number of aromatic nitrogens is 3. The first-order chi connectivity index (χ1) is 16.0. The normalized spacial score (nSPS) is 10.9. The zero-order chi connectivity index (χ0) is 23.2. The van der Waals surface area contributed by atoms with E-state index in [0.29, 0.717) is 29.1 Å². The van der Waals surface area contributed by atoms with Crippen LogP contribution in [0.4, 0.5) is 4.39 Å². The summed E-state index contributed by atoms with van der Waals surface area (Å²) in [5.74, 6) is 0.500. The molecule has 5 nitrogen and oxygen atoms in total. The van der Waals surface area contributed by atoms with E-state index in [1.54, 1.807) is 24.1 Å². The van der Waals surface area contributed by atoms with Crippen LogP contribution in [0.3, 0.4) is 0 Å². The third-order valence-corrected chi connectivity index (χ3v) is 6.38. The molecule has 33 heavy (non-hydrogen) atoms. The first-order valence-electron chi connectivity index (χ1n) is 10.3. The molecule has 0 saturated heterocycles. The average Bonchev–Trinajstić information content (AvgIpc) is 3.22. The van der Waals surface area contributed by atoms with Gasteiger partial charge in [0.2, 0.25) is 5.91 Å². The predicted octanol–water partition coefficient (Wildman–Crippen LogP) is 5.54. The number of thioether (sulfide) groups is 1. The van der Waals surface area contributed by atoms with Crippen LogP contribution in [0.5, 0.6) is 0 Å². The molecule has 0 saturated carbocycles. The summed E-state index contributed by atoms with van der Waals surface area (Å²) in [6.07, 6.45) is 0. The van der Waals surface area contributed by atoms with Gasteiger partial charge in [-0.1, -0.05) is 78.0 Å². The van der Waals surface area contributed by atoms with Crippen molar-refractivity contribution in [2.75, 3.05) is 12.8 Å². The maximum absolute atomic E-state index is 13.1. The predicted molar refractivity (Wildman–Crippen MR) is 130 cm³/mol. The SMILES string of the molecule is CN(Cc1ccc(F)cc1)C(=O)CSc1nnc(-c2ccccc2Cl)n1Cc1ccccc1. The van der Waals surface area contributed by atoms with E-state index in [1.807, 2.05) is 59.2 Å². The summed E-state index contributed by atoms with van der Waals surface area (Å²) in [6, 6.07) is 23.6. The second-order valence-corrected chi connectivity index (χ2v) is 8.87. The van der Waals surface area contributed by atoms with E-state index < -0.39 is 0 Å². The van der Waals surface area contributed by atoms with Crippen molar-refractivity contribution in [1.82, 2.24) is 19.7 Å². The summed E-state index contributed by atoms with van der Waals surface area (Å²) in [4.78, 5) is 14.4. The highest BCUT2D eigenvalue weighted by molar-refractivity contribution is 7.99. The number of amides is 1. The van der Waals surface area contributed by atoms with Crippen LogP contribution < -0.4 is 0 Å². The minimum absolute atomic E-state index is 0.0575. The van der Waals surface area contributed by atoms with Crippen LogP contribution >= 0.6 is 23.4 Å². The Kier molecular flexibility index (Phi) is 7.42. The molecule has 0 aliphatic carbocycles.